The highest BCUT2D eigenvalue weighted by atomic mass is 28.4. The Bertz CT molecular complexity index is 278. The molecule has 1 fully saturated rings. The molecule has 0 aromatic heterocycles. The normalized spacial score (nSPS) is 26.8. The Morgan fingerprint density at radius 1 is 1.44 bits per heavy atom. The van der Waals surface area contributed by atoms with Crippen molar-refractivity contribution in [2.24, 2.45) is 0 Å². The van der Waals surface area contributed by atoms with Gasteiger partial charge in [-0.2, -0.15) is 5.26 Å². The molecule has 1 N–H and O–H groups in total. The highest BCUT2D eigenvalue weighted by Gasteiger charge is 2.40. The minimum absolute atomic E-state index is 0.264. The van der Waals surface area contributed by atoms with Crippen molar-refractivity contribution in [1.82, 2.24) is 5.32 Å². The minimum Gasteiger partial charge on any atom is -0.413 e. The molecule has 0 bridgehead atoms. The summed E-state index contributed by atoms with van der Waals surface area (Å²) in [5, 5.41) is 12.3. The van der Waals surface area contributed by atoms with Crippen LogP contribution in [-0.4, -0.2) is 27.0 Å². The number of nitriles is 1. The molecule has 1 saturated heterocycles. The summed E-state index contributed by atoms with van der Waals surface area (Å²) < 4.78 is 6.31. The lowest BCUT2D eigenvalue weighted by Gasteiger charge is -2.38. The third kappa shape index (κ3) is 3.31. The molecule has 16 heavy (non-hydrogen) atoms. The Kier molecular flexibility index (Phi) is 4.16. The SMILES string of the molecule is CC(C)(C)[Si](C)(C)OC1CNC(CC#N)C1. The first-order valence-electron chi connectivity index (χ1n) is 6.04. The van der Waals surface area contributed by atoms with E-state index >= 15 is 0 Å². The number of nitrogens with one attached hydrogen (secondary N) is 1. The molecule has 2 unspecified atom stereocenters. The molecule has 3 nitrogen and oxygen atoms in total. The highest BCUT2D eigenvalue weighted by molar-refractivity contribution is 6.74. The Hall–Kier alpha value is -0.373. The summed E-state index contributed by atoms with van der Waals surface area (Å²) in [7, 11) is -1.65. The van der Waals surface area contributed by atoms with Gasteiger partial charge in [-0.25, -0.2) is 0 Å². The lowest BCUT2D eigenvalue weighted by atomic mass is 10.1. The standard InChI is InChI=1S/C12H24N2OSi/c1-12(2,3)16(4,5)15-11-8-10(6-7-13)14-9-11/h10-11,14H,6,8-9H2,1-5H3. The van der Waals surface area contributed by atoms with E-state index in [4.69, 9.17) is 9.69 Å². The maximum atomic E-state index is 8.65. The molecule has 0 spiro atoms. The summed E-state index contributed by atoms with van der Waals surface area (Å²) >= 11 is 0. The van der Waals surface area contributed by atoms with Crippen molar-refractivity contribution in [3.8, 4) is 6.07 Å². The van der Waals surface area contributed by atoms with E-state index in [1.165, 1.54) is 0 Å². The van der Waals surface area contributed by atoms with Gasteiger partial charge in [0.2, 0.25) is 0 Å². The first-order chi connectivity index (χ1) is 7.26. The first-order valence-corrected chi connectivity index (χ1v) is 8.95. The molecule has 1 rings (SSSR count). The van der Waals surface area contributed by atoms with Crippen LogP contribution < -0.4 is 5.32 Å². The van der Waals surface area contributed by atoms with Gasteiger partial charge in [-0.3, -0.25) is 0 Å². The third-order valence-corrected chi connectivity index (χ3v) is 8.32. The van der Waals surface area contributed by atoms with Gasteiger partial charge in [0, 0.05) is 12.6 Å². The van der Waals surface area contributed by atoms with E-state index in [9.17, 15) is 0 Å². The van der Waals surface area contributed by atoms with E-state index in [0.717, 1.165) is 13.0 Å². The molecule has 1 heterocycles. The fourth-order valence-corrected chi connectivity index (χ4v) is 3.10. The van der Waals surface area contributed by atoms with Crippen LogP contribution in [0.1, 0.15) is 33.6 Å². The summed E-state index contributed by atoms with van der Waals surface area (Å²) in [4.78, 5) is 0. The largest absolute Gasteiger partial charge is 0.413 e. The third-order valence-electron chi connectivity index (χ3n) is 3.79. The molecule has 0 amide bonds. The van der Waals surface area contributed by atoms with E-state index < -0.39 is 8.32 Å². The Morgan fingerprint density at radius 3 is 2.56 bits per heavy atom. The summed E-state index contributed by atoms with van der Waals surface area (Å²) in [6, 6.07) is 2.55. The van der Waals surface area contributed by atoms with Gasteiger partial charge < -0.3 is 9.74 Å². The molecule has 0 aromatic rings. The fourth-order valence-electron chi connectivity index (χ4n) is 1.73. The summed E-state index contributed by atoms with van der Waals surface area (Å²) in [6.07, 6.45) is 1.89. The summed E-state index contributed by atoms with van der Waals surface area (Å²) in [6.45, 7) is 12.2. The van der Waals surface area contributed by atoms with Gasteiger partial charge in [0.05, 0.1) is 18.6 Å². The number of hydrogen-bond acceptors (Lipinski definition) is 3. The Morgan fingerprint density at radius 2 is 2.06 bits per heavy atom. The second-order valence-corrected chi connectivity index (χ2v) is 11.0. The topological polar surface area (TPSA) is 45.0 Å². The van der Waals surface area contributed by atoms with E-state index in [2.05, 4.69) is 45.3 Å². The van der Waals surface area contributed by atoms with Crippen LogP contribution in [0.3, 0.4) is 0 Å². The van der Waals surface area contributed by atoms with Crippen molar-refractivity contribution in [1.29, 1.82) is 5.26 Å². The van der Waals surface area contributed by atoms with Crippen molar-refractivity contribution in [2.45, 2.75) is 63.9 Å². The zero-order valence-electron chi connectivity index (χ0n) is 11.1. The molecule has 0 aliphatic carbocycles. The van der Waals surface area contributed by atoms with Gasteiger partial charge in [-0.05, 0) is 24.6 Å². The average molecular weight is 240 g/mol. The van der Waals surface area contributed by atoms with Gasteiger partial charge in [-0.1, -0.05) is 20.8 Å². The van der Waals surface area contributed by atoms with Crippen LogP contribution in [0.5, 0.6) is 0 Å². The molecular formula is C12H24N2OSi. The predicted octanol–water partition coefficient (Wildman–Crippen LogP) is 2.65. The monoisotopic (exact) mass is 240 g/mol. The number of nitrogens with zero attached hydrogens (tertiary/aromatic N) is 1. The van der Waals surface area contributed by atoms with E-state index in [1.807, 2.05) is 0 Å². The van der Waals surface area contributed by atoms with Crippen LogP contribution in [0.4, 0.5) is 0 Å². The molecule has 2 atom stereocenters. The minimum atomic E-state index is -1.65. The van der Waals surface area contributed by atoms with Gasteiger partial charge in [-0.15, -0.1) is 0 Å². The van der Waals surface area contributed by atoms with Crippen LogP contribution in [0.25, 0.3) is 0 Å². The highest BCUT2D eigenvalue weighted by Crippen LogP contribution is 2.38. The van der Waals surface area contributed by atoms with Crippen LogP contribution in [-0.2, 0) is 4.43 Å². The summed E-state index contributed by atoms with van der Waals surface area (Å²) in [5.41, 5.74) is 0. The Labute approximate surface area is 100 Å². The molecule has 0 aromatic carbocycles. The van der Waals surface area contributed by atoms with E-state index in [1.54, 1.807) is 0 Å². The van der Waals surface area contributed by atoms with Crippen molar-refractivity contribution < 1.29 is 4.43 Å². The zero-order chi connectivity index (χ0) is 12.4. The molecule has 1 aliphatic rings. The quantitative estimate of drug-likeness (QED) is 0.771. The van der Waals surface area contributed by atoms with Gasteiger partial charge in [0.25, 0.3) is 0 Å². The second kappa shape index (κ2) is 4.87. The molecule has 92 valence electrons. The van der Waals surface area contributed by atoms with Crippen LogP contribution in [0, 0.1) is 11.3 Å². The maximum Gasteiger partial charge on any atom is 0.192 e. The van der Waals surface area contributed by atoms with E-state index in [-0.39, 0.29) is 5.04 Å². The van der Waals surface area contributed by atoms with Crippen molar-refractivity contribution >= 4 is 8.32 Å². The van der Waals surface area contributed by atoms with Crippen molar-refractivity contribution in [3.63, 3.8) is 0 Å². The molecule has 4 heteroatoms. The maximum absolute atomic E-state index is 8.65. The van der Waals surface area contributed by atoms with Crippen LogP contribution >= 0.6 is 0 Å². The van der Waals surface area contributed by atoms with Crippen LogP contribution in [0.2, 0.25) is 18.1 Å². The van der Waals surface area contributed by atoms with Gasteiger partial charge >= 0.3 is 0 Å². The van der Waals surface area contributed by atoms with E-state index in [0.29, 0.717) is 18.6 Å². The van der Waals surface area contributed by atoms with Crippen molar-refractivity contribution in [3.05, 3.63) is 0 Å². The first kappa shape index (κ1) is 13.7. The lowest BCUT2D eigenvalue weighted by Crippen LogP contribution is -2.44. The predicted molar refractivity (Wildman–Crippen MR) is 68.7 cm³/mol. The van der Waals surface area contributed by atoms with Crippen LogP contribution in [0.15, 0.2) is 0 Å². The molecule has 0 saturated carbocycles. The lowest BCUT2D eigenvalue weighted by molar-refractivity contribution is 0.197. The average Bonchev–Trinajstić information content (AvgIpc) is 2.50. The summed E-state index contributed by atoms with van der Waals surface area (Å²) in [5.74, 6) is 0. The number of hydrogen-bond donors (Lipinski definition) is 1. The smallest absolute Gasteiger partial charge is 0.192 e. The molecular weight excluding hydrogens is 216 g/mol. The molecule has 1 aliphatic heterocycles. The van der Waals surface area contributed by atoms with Gasteiger partial charge in [0.1, 0.15) is 0 Å². The Balaban J connectivity index is 2.49. The van der Waals surface area contributed by atoms with Crippen molar-refractivity contribution in [2.75, 3.05) is 6.54 Å². The zero-order valence-corrected chi connectivity index (χ0v) is 12.1. The number of rotatable bonds is 3. The second-order valence-electron chi connectivity index (χ2n) is 6.20. The fraction of sp³-hybridized carbons (Fsp3) is 0.917. The van der Waals surface area contributed by atoms with Gasteiger partial charge in [0.15, 0.2) is 8.32 Å². The molecule has 0 radical (unpaired) electrons.